The van der Waals surface area contributed by atoms with E-state index in [4.69, 9.17) is 0 Å². The molecule has 0 saturated heterocycles. The molecule has 0 amide bonds. The molecule has 1 aliphatic heterocycles. The highest BCUT2D eigenvalue weighted by Gasteiger charge is 2.14. The van der Waals surface area contributed by atoms with Crippen LogP contribution >= 0.6 is 11.9 Å². The van der Waals surface area contributed by atoms with Crippen molar-refractivity contribution < 1.29 is 5.03 Å². The van der Waals surface area contributed by atoms with Crippen LogP contribution < -0.4 is 0 Å². The minimum atomic E-state index is -0.513. The van der Waals surface area contributed by atoms with Crippen molar-refractivity contribution in [3.8, 4) is 0 Å². The first-order chi connectivity index (χ1) is 3.80. The molecule has 42 valence electrons. The minimum absolute atomic E-state index is 0.513. The molecule has 2 radical (unpaired) electrons. The summed E-state index contributed by atoms with van der Waals surface area (Å²) in [6.45, 7) is 0. The smallest absolute Gasteiger partial charge is 0.175 e. The van der Waals surface area contributed by atoms with Gasteiger partial charge in [-0.05, 0) is 10.5 Å². The van der Waals surface area contributed by atoms with Gasteiger partial charge in [0, 0.05) is 11.9 Å². The summed E-state index contributed by atoms with van der Waals surface area (Å²) in [5.41, 5.74) is 0. The lowest BCUT2D eigenvalue weighted by atomic mass is 10.7. The zero-order valence-electron chi connectivity index (χ0n) is 3.77. The van der Waals surface area contributed by atoms with Crippen LogP contribution in [-0.2, 0) is 0 Å². The standard InChI is InChI=1S/C3H2N2O2S/c6-5(7)4-2-1-3-8-4/h1-2H. The van der Waals surface area contributed by atoms with E-state index < -0.39 is 5.03 Å². The average molecular weight is 130 g/mol. The number of hydrogen-bond donors (Lipinski definition) is 0. The van der Waals surface area contributed by atoms with Crippen LogP contribution in [0, 0.1) is 15.9 Å². The van der Waals surface area contributed by atoms with E-state index in [1.54, 1.807) is 0 Å². The van der Waals surface area contributed by atoms with Crippen LogP contribution in [-0.4, -0.2) is 9.45 Å². The molecule has 4 nitrogen and oxygen atoms in total. The highest BCUT2D eigenvalue weighted by atomic mass is 32.2. The molecule has 1 rings (SSSR count). The van der Waals surface area contributed by atoms with Gasteiger partial charge in [-0.1, -0.05) is 0 Å². The van der Waals surface area contributed by atoms with Gasteiger partial charge in [0.15, 0.2) is 5.03 Å². The lowest BCUT2D eigenvalue weighted by molar-refractivity contribution is -0.601. The third-order valence-electron chi connectivity index (χ3n) is 0.577. The Morgan fingerprint density at radius 2 is 2.62 bits per heavy atom. The molecular weight excluding hydrogens is 128 g/mol. The molecule has 0 aromatic carbocycles. The molecule has 0 N–H and O–H groups in total. The lowest BCUT2D eigenvalue weighted by Gasteiger charge is -1.97. The van der Waals surface area contributed by atoms with E-state index in [9.17, 15) is 10.1 Å². The Labute approximate surface area is 50.4 Å². The molecule has 0 fully saturated rings. The van der Waals surface area contributed by atoms with Gasteiger partial charge in [-0.25, -0.2) is 10.1 Å². The van der Waals surface area contributed by atoms with Crippen LogP contribution in [0.4, 0.5) is 0 Å². The van der Waals surface area contributed by atoms with Crippen molar-refractivity contribution in [3.63, 3.8) is 0 Å². The van der Waals surface area contributed by atoms with Gasteiger partial charge in [0.2, 0.25) is 0 Å². The lowest BCUT2D eigenvalue weighted by Crippen LogP contribution is -2.12. The van der Waals surface area contributed by atoms with Crippen molar-refractivity contribution >= 4 is 11.9 Å². The number of nitro groups is 1. The normalized spacial score (nSPS) is 17.2. The molecule has 1 aliphatic rings. The zero-order chi connectivity index (χ0) is 5.98. The van der Waals surface area contributed by atoms with Crippen molar-refractivity contribution in [1.29, 1.82) is 0 Å². The molecule has 0 saturated carbocycles. The van der Waals surface area contributed by atoms with Crippen molar-refractivity contribution in [2.24, 2.45) is 0 Å². The Morgan fingerprint density at radius 3 is 2.88 bits per heavy atom. The predicted molar refractivity (Wildman–Crippen MR) is 28.8 cm³/mol. The SMILES string of the molecule is O=[N+]([O-])N1C=C[C]S1. The van der Waals surface area contributed by atoms with Gasteiger partial charge >= 0.3 is 0 Å². The van der Waals surface area contributed by atoms with Crippen molar-refractivity contribution in [1.82, 2.24) is 4.41 Å². The summed E-state index contributed by atoms with van der Waals surface area (Å²) < 4.78 is 0.875. The summed E-state index contributed by atoms with van der Waals surface area (Å²) in [6, 6.07) is 0. The van der Waals surface area contributed by atoms with E-state index in [1.807, 2.05) is 0 Å². The second-order valence-corrected chi connectivity index (χ2v) is 1.86. The maximum Gasteiger partial charge on any atom is 0.175 e. The third-order valence-corrected chi connectivity index (χ3v) is 1.26. The summed E-state index contributed by atoms with van der Waals surface area (Å²) in [4.78, 5) is 9.82. The fourth-order valence-corrected chi connectivity index (χ4v) is 0.715. The summed E-state index contributed by atoms with van der Waals surface area (Å²) in [5.74, 6) is 2.57. The maximum absolute atomic E-state index is 9.82. The van der Waals surface area contributed by atoms with Gasteiger partial charge in [-0.2, -0.15) is 0 Å². The summed E-state index contributed by atoms with van der Waals surface area (Å²) in [5, 5.41) is 9.31. The highest BCUT2D eigenvalue weighted by molar-refractivity contribution is 7.99. The van der Waals surface area contributed by atoms with Crippen molar-refractivity contribution in [3.05, 3.63) is 28.1 Å². The Kier molecular flexibility index (Phi) is 1.38. The first kappa shape index (κ1) is 5.43. The van der Waals surface area contributed by atoms with Gasteiger partial charge in [-0.3, -0.25) is 0 Å². The van der Waals surface area contributed by atoms with Gasteiger partial charge in [0.25, 0.3) is 0 Å². The van der Waals surface area contributed by atoms with E-state index >= 15 is 0 Å². The van der Waals surface area contributed by atoms with Crippen molar-refractivity contribution in [2.45, 2.75) is 0 Å². The zero-order valence-corrected chi connectivity index (χ0v) is 4.59. The third kappa shape index (κ3) is 0.919. The first-order valence-electron chi connectivity index (χ1n) is 1.83. The van der Waals surface area contributed by atoms with Crippen LogP contribution in [0.2, 0.25) is 0 Å². The Morgan fingerprint density at radius 1 is 1.88 bits per heavy atom. The fraction of sp³-hybridized carbons (Fsp3) is 0. The molecule has 0 aromatic rings. The molecule has 8 heavy (non-hydrogen) atoms. The molecule has 0 atom stereocenters. The summed E-state index contributed by atoms with van der Waals surface area (Å²) >= 11 is 0.924. The number of hydrogen-bond acceptors (Lipinski definition) is 3. The van der Waals surface area contributed by atoms with E-state index in [2.05, 4.69) is 5.75 Å². The van der Waals surface area contributed by atoms with Crippen LogP contribution in [0.3, 0.4) is 0 Å². The largest absolute Gasteiger partial charge is 0.234 e. The van der Waals surface area contributed by atoms with Crippen LogP contribution in [0.5, 0.6) is 0 Å². The predicted octanol–water partition coefficient (Wildman–Crippen LogP) is 0.694. The fourth-order valence-electron chi connectivity index (χ4n) is 0.297. The van der Waals surface area contributed by atoms with Crippen LogP contribution in [0.25, 0.3) is 0 Å². The first-order valence-corrected chi connectivity index (χ1v) is 2.61. The monoisotopic (exact) mass is 130 g/mol. The van der Waals surface area contributed by atoms with E-state index in [1.165, 1.54) is 12.3 Å². The van der Waals surface area contributed by atoms with Crippen LogP contribution in [0.1, 0.15) is 0 Å². The molecule has 0 unspecified atom stereocenters. The summed E-state index contributed by atoms with van der Waals surface area (Å²) in [7, 11) is 0. The molecule has 0 bridgehead atoms. The van der Waals surface area contributed by atoms with Gasteiger partial charge < -0.3 is 0 Å². The molecular formula is C3H2N2O2S. The maximum atomic E-state index is 9.82. The Balaban J connectivity index is 2.48. The van der Waals surface area contributed by atoms with E-state index in [0.717, 1.165) is 16.4 Å². The number of nitrogens with zero attached hydrogens (tertiary/aromatic N) is 2. The molecule has 0 spiro atoms. The molecule has 0 aromatic heterocycles. The van der Waals surface area contributed by atoms with E-state index in [0.29, 0.717) is 0 Å². The van der Waals surface area contributed by atoms with Crippen LogP contribution in [0.15, 0.2) is 12.3 Å². The molecule has 0 aliphatic carbocycles. The quantitative estimate of drug-likeness (QED) is 0.297. The number of rotatable bonds is 1. The van der Waals surface area contributed by atoms with Crippen molar-refractivity contribution in [2.75, 3.05) is 0 Å². The minimum Gasteiger partial charge on any atom is -0.234 e. The average Bonchev–Trinajstić information content (AvgIpc) is 2.12. The second-order valence-electron chi connectivity index (χ2n) is 1.07. The number of hydrazine groups is 1. The molecule has 1 heterocycles. The topological polar surface area (TPSA) is 46.4 Å². The Hall–Kier alpha value is -0.710. The Bertz CT molecular complexity index is 135. The molecule has 5 heteroatoms. The second kappa shape index (κ2) is 2.04. The van der Waals surface area contributed by atoms with Gasteiger partial charge in [-0.15, -0.1) is 0 Å². The van der Waals surface area contributed by atoms with Gasteiger partial charge in [0.1, 0.15) is 5.75 Å². The van der Waals surface area contributed by atoms with Gasteiger partial charge in [0.05, 0.1) is 6.20 Å². The van der Waals surface area contributed by atoms with E-state index in [-0.39, 0.29) is 0 Å². The summed E-state index contributed by atoms with van der Waals surface area (Å²) in [6.07, 6.45) is 2.83. The highest BCUT2D eigenvalue weighted by Crippen LogP contribution is 2.20.